The molecule has 4 aromatic rings. The van der Waals surface area contributed by atoms with Crippen LogP contribution in [0.5, 0.6) is 0 Å². The van der Waals surface area contributed by atoms with Crippen molar-refractivity contribution in [3.63, 3.8) is 0 Å². The molecular formula is C30H38N6. The van der Waals surface area contributed by atoms with E-state index in [0.717, 1.165) is 44.0 Å². The number of likely N-dealkylation sites (N-methyl/N-ethyl adjacent to an activating group) is 1. The quantitative estimate of drug-likeness (QED) is 0.362. The summed E-state index contributed by atoms with van der Waals surface area (Å²) in [5.74, 6) is 0.668. The first-order chi connectivity index (χ1) is 17.6. The molecule has 5 rings (SSSR count). The number of nitrogens with zero attached hydrogens (tertiary/aromatic N) is 5. The summed E-state index contributed by atoms with van der Waals surface area (Å²) in [6.07, 6.45) is 7.68. The zero-order chi connectivity index (χ0) is 24.9. The van der Waals surface area contributed by atoms with Gasteiger partial charge in [0, 0.05) is 43.5 Å². The van der Waals surface area contributed by atoms with Gasteiger partial charge in [0.15, 0.2) is 0 Å². The Bertz CT molecular complexity index is 1220. The monoisotopic (exact) mass is 482 g/mol. The van der Waals surface area contributed by atoms with E-state index in [1.807, 2.05) is 17.9 Å². The molecule has 0 aliphatic carbocycles. The summed E-state index contributed by atoms with van der Waals surface area (Å²) in [4.78, 5) is 5.17. The molecule has 1 saturated heterocycles. The molecule has 6 nitrogen and oxygen atoms in total. The third-order valence-corrected chi connectivity index (χ3v) is 7.74. The Labute approximate surface area is 215 Å². The highest BCUT2D eigenvalue weighted by molar-refractivity contribution is 5.62. The SMILES string of the molecule is Cc1nn(C)cc1CN(C)C(Cc1ccccc1)C1CCN(Cc2cn[nH]c2-c2ccccc2)CC1. The Morgan fingerprint density at radius 2 is 1.69 bits per heavy atom. The third kappa shape index (κ3) is 5.77. The van der Waals surface area contributed by atoms with E-state index in [1.54, 1.807) is 0 Å². The predicted molar refractivity (Wildman–Crippen MR) is 145 cm³/mol. The van der Waals surface area contributed by atoms with Gasteiger partial charge in [-0.2, -0.15) is 10.2 Å². The van der Waals surface area contributed by atoms with Crippen molar-refractivity contribution in [3.8, 4) is 11.3 Å². The molecule has 1 unspecified atom stereocenters. The number of hydrogen-bond acceptors (Lipinski definition) is 4. The van der Waals surface area contributed by atoms with Crippen LogP contribution < -0.4 is 0 Å². The molecule has 3 heterocycles. The summed E-state index contributed by atoms with van der Waals surface area (Å²) < 4.78 is 1.93. The molecule has 2 aromatic heterocycles. The Morgan fingerprint density at radius 3 is 2.36 bits per heavy atom. The van der Waals surface area contributed by atoms with Crippen LogP contribution in [0.4, 0.5) is 0 Å². The fraction of sp³-hybridized carbons (Fsp3) is 0.400. The van der Waals surface area contributed by atoms with E-state index < -0.39 is 0 Å². The molecule has 2 aromatic carbocycles. The first-order valence-electron chi connectivity index (χ1n) is 13.1. The number of nitrogens with one attached hydrogen (secondary N) is 1. The van der Waals surface area contributed by atoms with Gasteiger partial charge < -0.3 is 0 Å². The second kappa shape index (κ2) is 11.2. The van der Waals surface area contributed by atoms with E-state index in [9.17, 15) is 0 Å². The molecule has 6 heteroatoms. The van der Waals surface area contributed by atoms with Crippen LogP contribution in [0.3, 0.4) is 0 Å². The summed E-state index contributed by atoms with van der Waals surface area (Å²) in [6, 6.07) is 22.0. The highest BCUT2D eigenvalue weighted by atomic mass is 15.3. The maximum atomic E-state index is 4.57. The van der Waals surface area contributed by atoms with Gasteiger partial charge in [-0.05, 0) is 63.4 Å². The summed E-state index contributed by atoms with van der Waals surface area (Å²) in [6.45, 7) is 6.24. The zero-order valence-corrected chi connectivity index (χ0v) is 21.8. The Morgan fingerprint density at radius 1 is 1.00 bits per heavy atom. The van der Waals surface area contributed by atoms with Crippen molar-refractivity contribution >= 4 is 0 Å². The van der Waals surface area contributed by atoms with Crippen LogP contribution in [0, 0.1) is 12.8 Å². The van der Waals surface area contributed by atoms with Crippen LogP contribution in [-0.4, -0.2) is 56.0 Å². The van der Waals surface area contributed by atoms with Gasteiger partial charge >= 0.3 is 0 Å². The minimum Gasteiger partial charge on any atom is -0.299 e. The molecule has 0 amide bonds. The van der Waals surface area contributed by atoms with E-state index in [0.29, 0.717) is 12.0 Å². The second-order valence-electron chi connectivity index (χ2n) is 10.3. The molecule has 36 heavy (non-hydrogen) atoms. The molecule has 0 spiro atoms. The van der Waals surface area contributed by atoms with Crippen LogP contribution in [-0.2, 0) is 26.6 Å². The largest absolute Gasteiger partial charge is 0.299 e. The number of piperidine rings is 1. The van der Waals surface area contributed by atoms with Gasteiger partial charge in [-0.3, -0.25) is 19.6 Å². The number of aromatic amines is 1. The first kappa shape index (κ1) is 24.5. The maximum absolute atomic E-state index is 4.57. The Hall–Kier alpha value is -3.22. The van der Waals surface area contributed by atoms with E-state index in [1.165, 1.54) is 35.1 Å². The van der Waals surface area contributed by atoms with E-state index in [2.05, 4.69) is 106 Å². The summed E-state index contributed by atoms with van der Waals surface area (Å²) in [7, 11) is 4.31. The van der Waals surface area contributed by atoms with Gasteiger partial charge in [0.1, 0.15) is 0 Å². The van der Waals surface area contributed by atoms with Crippen molar-refractivity contribution in [2.45, 2.75) is 45.3 Å². The van der Waals surface area contributed by atoms with E-state index in [4.69, 9.17) is 0 Å². The van der Waals surface area contributed by atoms with Gasteiger partial charge in [-0.15, -0.1) is 0 Å². The number of benzene rings is 2. The molecule has 1 atom stereocenters. The molecule has 1 N–H and O–H groups in total. The lowest BCUT2D eigenvalue weighted by Gasteiger charge is -2.40. The van der Waals surface area contributed by atoms with Gasteiger partial charge in [0.2, 0.25) is 0 Å². The summed E-state index contributed by atoms with van der Waals surface area (Å²) in [5.41, 5.74) is 7.51. The molecule has 0 saturated carbocycles. The van der Waals surface area contributed by atoms with Gasteiger partial charge in [0.05, 0.1) is 17.6 Å². The van der Waals surface area contributed by atoms with Gasteiger partial charge in [-0.1, -0.05) is 60.7 Å². The first-order valence-corrected chi connectivity index (χ1v) is 13.1. The smallest absolute Gasteiger partial charge is 0.0695 e. The molecule has 188 valence electrons. The van der Waals surface area contributed by atoms with Crippen LogP contribution in [0.1, 0.15) is 35.2 Å². The number of rotatable bonds is 9. The molecule has 1 aliphatic rings. The zero-order valence-electron chi connectivity index (χ0n) is 21.8. The van der Waals surface area contributed by atoms with Crippen molar-refractivity contribution in [2.75, 3.05) is 20.1 Å². The van der Waals surface area contributed by atoms with E-state index in [-0.39, 0.29) is 0 Å². The molecule has 0 bridgehead atoms. The lowest BCUT2D eigenvalue weighted by atomic mass is 9.84. The van der Waals surface area contributed by atoms with Crippen molar-refractivity contribution in [1.82, 2.24) is 29.8 Å². The number of likely N-dealkylation sites (tertiary alicyclic amines) is 1. The average Bonchev–Trinajstić information content (AvgIpc) is 3.49. The van der Waals surface area contributed by atoms with E-state index >= 15 is 0 Å². The van der Waals surface area contributed by atoms with Crippen LogP contribution in [0.2, 0.25) is 0 Å². The Balaban J connectivity index is 1.26. The van der Waals surface area contributed by atoms with Crippen molar-refractivity contribution in [1.29, 1.82) is 0 Å². The standard InChI is InChI=1S/C30H38N6/c1-23-28(21-35(3)33-23)20-34(2)29(18-24-10-6-4-7-11-24)25-14-16-36(17-15-25)22-27-19-31-32-30(27)26-12-8-5-9-13-26/h4-13,19,21,25,29H,14-18,20,22H2,1-3H3,(H,31,32). The highest BCUT2D eigenvalue weighted by Gasteiger charge is 2.30. The van der Waals surface area contributed by atoms with Crippen LogP contribution >= 0.6 is 0 Å². The lowest BCUT2D eigenvalue weighted by Crippen LogP contribution is -2.45. The maximum Gasteiger partial charge on any atom is 0.0695 e. The normalized spacial score (nSPS) is 16.0. The van der Waals surface area contributed by atoms with Gasteiger partial charge in [0.25, 0.3) is 0 Å². The number of hydrogen-bond donors (Lipinski definition) is 1. The number of H-pyrrole nitrogens is 1. The minimum atomic E-state index is 0.503. The highest BCUT2D eigenvalue weighted by Crippen LogP contribution is 2.29. The Kier molecular flexibility index (Phi) is 7.63. The lowest BCUT2D eigenvalue weighted by molar-refractivity contribution is 0.0954. The summed E-state index contributed by atoms with van der Waals surface area (Å²) in [5, 5.41) is 12.2. The minimum absolute atomic E-state index is 0.503. The number of aryl methyl sites for hydroxylation is 2. The van der Waals surface area contributed by atoms with Crippen molar-refractivity contribution in [2.24, 2.45) is 13.0 Å². The molecule has 1 aliphatic heterocycles. The van der Waals surface area contributed by atoms with Crippen molar-refractivity contribution in [3.05, 3.63) is 95.4 Å². The third-order valence-electron chi connectivity index (χ3n) is 7.74. The molecular weight excluding hydrogens is 444 g/mol. The van der Waals surface area contributed by atoms with Crippen LogP contribution in [0.25, 0.3) is 11.3 Å². The fourth-order valence-corrected chi connectivity index (χ4v) is 5.75. The van der Waals surface area contributed by atoms with Crippen molar-refractivity contribution < 1.29 is 0 Å². The number of aromatic nitrogens is 4. The molecule has 1 fully saturated rings. The molecule has 0 radical (unpaired) electrons. The predicted octanol–water partition coefficient (Wildman–Crippen LogP) is 5.07. The second-order valence-corrected chi connectivity index (χ2v) is 10.3. The van der Waals surface area contributed by atoms with Gasteiger partial charge in [-0.25, -0.2) is 0 Å². The topological polar surface area (TPSA) is 53.0 Å². The fourth-order valence-electron chi connectivity index (χ4n) is 5.75. The average molecular weight is 483 g/mol. The summed E-state index contributed by atoms with van der Waals surface area (Å²) >= 11 is 0. The van der Waals surface area contributed by atoms with Crippen LogP contribution in [0.15, 0.2) is 73.1 Å².